The molecule has 5 nitrogen and oxygen atoms in total. The number of halogens is 3. The molecule has 2 aromatic rings. The van der Waals surface area contributed by atoms with Crippen molar-refractivity contribution in [1.29, 1.82) is 0 Å². The number of thiophene rings is 1. The van der Waals surface area contributed by atoms with E-state index < -0.39 is 18.6 Å². The lowest BCUT2D eigenvalue weighted by Crippen LogP contribution is -2.34. The highest BCUT2D eigenvalue weighted by molar-refractivity contribution is 7.99. The second-order valence-corrected chi connectivity index (χ2v) is 7.05. The number of aryl methyl sites for hydroxylation is 2. The van der Waals surface area contributed by atoms with Crippen LogP contribution in [0.1, 0.15) is 10.4 Å². The molecule has 2 rings (SSSR count). The third-order valence-electron chi connectivity index (χ3n) is 3.19. The Kier molecular flexibility index (Phi) is 5.04. The Bertz CT molecular complexity index is 811. The van der Waals surface area contributed by atoms with Crippen LogP contribution in [0.25, 0.3) is 10.2 Å². The molecule has 0 aliphatic rings. The standard InChI is InChI=1S/C13H14F3N3O2S2/c1-6-7(2)23-10-9(6)11(21)19(3)12(18-10)22-4-8(20)17-5-13(14,15)16/h4-5H2,1-3H3,(H,17,20). The topological polar surface area (TPSA) is 64.0 Å². The van der Waals surface area contributed by atoms with Gasteiger partial charge in [-0.25, -0.2) is 4.98 Å². The summed E-state index contributed by atoms with van der Waals surface area (Å²) in [4.78, 5) is 29.7. The minimum absolute atomic E-state index is 0.227. The van der Waals surface area contributed by atoms with E-state index in [1.165, 1.54) is 23.0 Å². The quantitative estimate of drug-likeness (QED) is 0.667. The van der Waals surface area contributed by atoms with Crippen molar-refractivity contribution >= 4 is 39.2 Å². The molecule has 0 aliphatic heterocycles. The summed E-state index contributed by atoms with van der Waals surface area (Å²) in [6.45, 7) is 2.36. The number of rotatable bonds is 4. The molecule has 0 aromatic carbocycles. The van der Waals surface area contributed by atoms with Gasteiger partial charge in [-0.3, -0.25) is 14.2 Å². The largest absolute Gasteiger partial charge is 0.405 e. The van der Waals surface area contributed by atoms with Crippen molar-refractivity contribution in [1.82, 2.24) is 14.9 Å². The van der Waals surface area contributed by atoms with Crippen LogP contribution in [0.2, 0.25) is 0 Å². The molecule has 126 valence electrons. The van der Waals surface area contributed by atoms with Gasteiger partial charge < -0.3 is 5.32 Å². The molecule has 0 aliphatic carbocycles. The van der Waals surface area contributed by atoms with Gasteiger partial charge in [-0.15, -0.1) is 11.3 Å². The number of nitrogens with one attached hydrogen (secondary N) is 1. The Morgan fingerprint density at radius 1 is 1.39 bits per heavy atom. The van der Waals surface area contributed by atoms with Crippen LogP contribution in [0.4, 0.5) is 13.2 Å². The Morgan fingerprint density at radius 3 is 2.65 bits per heavy atom. The molecule has 23 heavy (non-hydrogen) atoms. The minimum Gasteiger partial charge on any atom is -0.346 e. The molecule has 1 N–H and O–H groups in total. The number of aromatic nitrogens is 2. The molecule has 1 amide bonds. The van der Waals surface area contributed by atoms with Crippen molar-refractivity contribution in [2.75, 3.05) is 12.3 Å². The number of nitrogens with zero attached hydrogens (tertiary/aromatic N) is 2. The second-order valence-electron chi connectivity index (χ2n) is 4.90. The van der Waals surface area contributed by atoms with E-state index in [9.17, 15) is 22.8 Å². The van der Waals surface area contributed by atoms with Crippen molar-refractivity contribution in [2.24, 2.45) is 7.05 Å². The maximum absolute atomic E-state index is 12.4. The molecule has 0 unspecified atom stereocenters. The lowest BCUT2D eigenvalue weighted by atomic mass is 10.2. The van der Waals surface area contributed by atoms with E-state index in [0.29, 0.717) is 15.4 Å². The highest BCUT2D eigenvalue weighted by Crippen LogP contribution is 2.27. The molecule has 0 bridgehead atoms. The van der Waals surface area contributed by atoms with Crippen LogP contribution in [0.15, 0.2) is 9.95 Å². The van der Waals surface area contributed by atoms with Crippen molar-refractivity contribution in [2.45, 2.75) is 25.2 Å². The first-order valence-corrected chi connectivity index (χ1v) is 8.33. The van der Waals surface area contributed by atoms with Crippen molar-refractivity contribution < 1.29 is 18.0 Å². The highest BCUT2D eigenvalue weighted by atomic mass is 32.2. The van der Waals surface area contributed by atoms with Crippen molar-refractivity contribution in [3.8, 4) is 0 Å². The van der Waals surface area contributed by atoms with E-state index in [4.69, 9.17) is 0 Å². The number of hydrogen-bond acceptors (Lipinski definition) is 5. The highest BCUT2D eigenvalue weighted by Gasteiger charge is 2.27. The zero-order valence-corrected chi connectivity index (χ0v) is 14.2. The van der Waals surface area contributed by atoms with Crippen molar-refractivity contribution in [3.63, 3.8) is 0 Å². The van der Waals surface area contributed by atoms with E-state index in [-0.39, 0.29) is 11.3 Å². The van der Waals surface area contributed by atoms with Crippen LogP contribution in [0.3, 0.4) is 0 Å². The van der Waals surface area contributed by atoms with Gasteiger partial charge in [-0.1, -0.05) is 11.8 Å². The Morgan fingerprint density at radius 2 is 2.04 bits per heavy atom. The summed E-state index contributed by atoms with van der Waals surface area (Å²) in [5.41, 5.74) is 0.646. The summed E-state index contributed by atoms with van der Waals surface area (Å²) < 4.78 is 37.4. The summed E-state index contributed by atoms with van der Waals surface area (Å²) in [6, 6.07) is 0. The molecule has 0 atom stereocenters. The predicted octanol–water partition coefficient (Wildman–Crippen LogP) is 2.38. The maximum atomic E-state index is 12.4. The third-order valence-corrected chi connectivity index (χ3v) is 5.32. The zero-order chi connectivity index (χ0) is 17.4. The van der Waals surface area contributed by atoms with Gasteiger partial charge in [0.25, 0.3) is 5.56 Å². The van der Waals surface area contributed by atoms with Crippen LogP contribution in [0.5, 0.6) is 0 Å². The number of amides is 1. The molecule has 0 radical (unpaired) electrons. The second kappa shape index (κ2) is 6.52. The predicted molar refractivity (Wildman–Crippen MR) is 84.1 cm³/mol. The smallest absolute Gasteiger partial charge is 0.346 e. The minimum atomic E-state index is -4.45. The van der Waals surface area contributed by atoms with Gasteiger partial charge in [0, 0.05) is 11.9 Å². The monoisotopic (exact) mass is 365 g/mol. The Balaban J connectivity index is 2.17. The first kappa shape index (κ1) is 17.8. The van der Waals surface area contributed by atoms with Gasteiger partial charge in [0.05, 0.1) is 11.1 Å². The summed E-state index contributed by atoms with van der Waals surface area (Å²) in [6.07, 6.45) is -4.45. The molecule has 2 aromatic heterocycles. The molecule has 2 heterocycles. The van der Waals surface area contributed by atoms with Crippen LogP contribution in [-0.4, -0.2) is 33.9 Å². The number of alkyl halides is 3. The number of thioether (sulfide) groups is 1. The van der Waals surface area contributed by atoms with Gasteiger partial charge in [-0.2, -0.15) is 13.2 Å². The average molecular weight is 365 g/mol. The fourth-order valence-electron chi connectivity index (χ4n) is 1.87. The van der Waals surface area contributed by atoms with E-state index in [1.807, 2.05) is 13.8 Å². The van der Waals surface area contributed by atoms with E-state index >= 15 is 0 Å². The molecule has 0 saturated carbocycles. The SMILES string of the molecule is Cc1sc2nc(SCC(=O)NCC(F)(F)F)n(C)c(=O)c2c1C. The Labute approximate surface area is 137 Å². The van der Waals surface area contributed by atoms with Gasteiger partial charge in [-0.05, 0) is 19.4 Å². The molecule has 0 spiro atoms. The Hall–Kier alpha value is -1.55. The first-order valence-electron chi connectivity index (χ1n) is 6.53. The molecule has 10 heteroatoms. The lowest BCUT2D eigenvalue weighted by molar-refractivity contribution is -0.136. The summed E-state index contributed by atoms with van der Waals surface area (Å²) in [7, 11) is 1.52. The molecular weight excluding hydrogens is 351 g/mol. The number of carbonyl (C=O) groups is 1. The maximum Gasteiger partial charge on any atom is 0.405 e. The third kappa shape index (κ3) is 4.05. The molecule has 0 saturated heterocycles. The summed E-state index contributed by atoms with van der Waals surface area (Å²) in [5.74, 6) is -1.01. The molecular formula is C13H14F3N3O2S2. The zero-order valence-electron chi connectivity index (χ0n) is 12.6. The average Bonchev–Trinajstić information content (AvgIpc) is 2.73. The van der Waals surface area contributed by atoms with Gasteiger partial charge in [0.2, 0.25) is 5.91 Å². The number of fused-ring (bicyclic) bond motifs is 1. The van der Waals surface area contributed by atoms with E-state index in [0.717, 1.165) is 22.2 Å². The van der Waals surface area contributed by atoms with Crippen LogP contribution in [-0.2, 0) is 11.8 Å². The first-order chi connectivity index (χ1) is 10.6. The normalized spacial score (nSPS) is 11.9. The van der Waals surface area contributed by atoms with E-state index in [2.05, 4.69) is 4.98 Å². The van der Waals surface area contributed by atoms with Gasteiger partial charge in [0.15, 0.2) is 5.16 Å². The van der Waals surface area contributed by atoms with Crippen molar-refractivity contribution in [3.05, 3.63) is 20.8 Å². The summed E-state index contributed by atoms with van der Waals surface area (Å²) in [5, 5.41) is 2.62. The lowest BCUT2D eigenvalue weighted by Gasteiger charge is -2.09. The van der Waals surface area contributed by atoms with Gasteiger partial charge in [0.1, 0.15) is 11.4 Å². The molecule has 0 fully saturated rings. The van der Waals surface area contributed by atoms with Crippen LogP contribution in [0, 0.1) is 13.8 Å². The fourth-order valence-corrected chi connectivity index (χ4v) is 3.74. The van der Waals surface area contributed by atoms with Crippen LogP contribution < -0.4 is 10.9 Å². The number of hydrogen-bond donors (Lipinski definition) is 1. The fraction of sp³-hybridized carbons (Fsp3) is 0.462. The van der Waals surface area contributed by atoms with Gasteiger partial charge >= 0.3 is 6.18 Å². The van der Waals surface area contributed by atoms with Crippen LogP contribution >= 0.6 is 23.1 Å². The number of carbonyl (C=O) groups excluding carboxylic acids is 1. The summed E-state index contributed by atoms with van der Waals surface area (Å²) >= 11 is 2.31. The van der Waals surface area contributed by atoms with E-state index in [1.54, 1.807) is 5.32 Å².